The second kappa shape index (κ2) is 1.16. The molecule has 2 aliphatic rings. The zero-order chi connectivity index (χ0) is 5.56. The third-order valence-corrected chi connectivity index (χ3v) is 1.66. The van der Waals surface area contributed by atoms with E-state index in [0.717, 1.165) is 5.96 Å². The summed E-state index contributed by atoms with van der Waals surface area (Å²) in [5.74, 6) is 0.964. The molecule has 2 unspecified atom stereocenters. The third-order valence-electron chi connectivity index (χ3n) is 1.66. The Bertz CT molecular complexity index is 129. The van der Waals surface area contributed by atoms with E-state index in [1.165, 1.54) is 6.42 Å². The molecule has 1 heterocycles. The molecule has 2 rings (SSSR count). The highest BCUT2D eigenvalue weighted by Gasteiger charge is 2.43. The minimum absolute atomic E-state index is 0.702. The average Bonchev–Trinajstić information content (AvgIpc) is 2.40. The van der Waals surface area contributed by atoms with Crippen molar-refractivity contribution >= 4 is 5.96 Å². The van der Waals surface area contributed by atoms with Gasteiger partial charge in [0.1, 0.15) is 0 Å². The van der Waals surface area contributed by atoms with Crippen LogP contribution >= 0.6 is 0 Å². The van der Waals surface area contributed by atoms with Crippen LogP contribution in [0.4, 0.5) is 0 Å². The number of nitrogens with zero attached hydrogens (tertiary/aromatic N) is 1. The molecule has 0 amide bonds. The first kappa shape index (κ1) is 4.18. The molecule has 3 heteroatoms. The lowest BCUT2D eigenvalue weighted by molar-refractivity contribution is 0.928. The van der Waals surface area contributed by atoms with Crippen LogP contribution in [-0.2, 0) is 0 Å². The predicted octanol–water partition coefficient (Wildman–Crippen LogP) is -0.694. The zero-order valence-electron chi connectivity index (χ0n) is 4.81. The van der Waals surface area contributed by atoms with Crippen molar-refractivity contribution in [3.8, 4) is 0 Å². The summed E-state index contributed by atoms with van der Waals surface area (Å²) in [6.07, 6.45) is 1.28. The molecule has 0 radical (unpaired) electrons. The maximum atomic E-state index is 3.96. The highest BCUT2D eigenvalue weighted by molar-refractivity contribution is 5.84. The van der Waals surface area contributed by atoms with E-state index in [0.29, 0.717) is 12.1 Å². The van der Waals surface area contributed by atoms with Crippen LogP contribution in [0, 0.1) is 0 Å². The van der Waals surface area contributed by atoms with Gasteiger partial charge in [-0.3, -0.25) is 4.99 Å². The second-order valence-electron chi connectivity index (χ2n) is 2.31. The molecule has 0 spiro atoms. The van der Waals surface area contributed by atoms with Crippen molar-refractivity contribution in [2.45, 2.75) is 18.5 Å². The first-order valence-electron chi connectivity index (χ1n) is 2.90. The lowest BCUT2D eigenvalue weighted by Gasteiger charge is -1.98. The Labute approximate surface area is 48.2 Å². The predicted molar refractivity (Wildman–Crippen MR) is 31.8 cm³/mol. The van der Waals surface area contributed by atoms with Gasteiger partial charge in [-0.25, -0.2) is 0 Å². The Morgan fingerprint density at radius 3 is 2.50 bits per heavy atom. The average molecular weight is 111 g/mol. The summed E-state index contributed by atoms with van der Waals surface area (Å²) >= 11 is 0. The van der Waals surface area contributed by atoms with Gasteiger partial charge in [-0.2, -0.15) is 0 Å². The summed E-state index contributed by atoms with van der Waals surface area (Å²) < 4.78 is 0. The van der Waals surface area contributed by atoms with Gasteiger partial charge in [0.2, 0.25) is 0 Å². The Kier molecular flexibility index (Phi) is 0.604. The van der Waals surface area contributed by atoms with Gasteiger partial charge in [-0.05, 0) is 6.42 Å². The highest BCUT2D eigenvalue weighted by atomic mass is 15.3. The summed E-state index contributed by atoms with van der Waals surface area (Å²) in [5.41, 5.74) is 0. The molecular formula is C5H9N3. The van der Waals surface area contributed by atoms with E-state index in [9.17, 15) is 0 Å². The Balaban J connectivity index is 2.08. The SMILES string of the molecule is CN=C1NC2CC2N1. The minimum atomic E-state index is 0.702. The van der Waals surface area contributed by atoms with Crippen molar-refractivity contribution in [3.05, 3.63) is 0 Å². The molecule has 0 aromatic heterocycles. The summed E-state index contributed by atoms with van der Waals surface area (Å²) in [5, 5.41) is 6.43. The molecule has 2 atom stereocenters. The topological polar surface area (TPSA) is 36.4 Å². The number of guanidine groups is 1. The Morgan fingerprint density at radius 2 is 2.12 bits per heavy atom. The normalized spacial score (nSPS) is 39.9. The van der Waals surface area contributed by atoms with E-state index in [4.69, 9.17) is 0 Å². The number of rotatable bonds is 0. The van der Waals surface area contributed by atoms with Gasteiger partial charge in [-0.1, -0.05) is 0 Å². The molecule has 1 saturated heterocycles. The quantitative estimate of drug-likeness (QED) is 0.434. The minimum Gasteiger partial charge on any atom is -0.352 e. The Morgan fingerprint density at radius 1 is 1.50 bits per heavy atom. The molecule has 2 N–H and O–H groups in total. The highest BCUT2D eigenvalue weighted by Crippen LogP contribution is 2.24. The largest absolute Gasteiger partial charge is 0.352 e. The number of hydrogen-bond donors (Lipinski definition) is 2. The van der Waals surface area contributed by atoms with E-state index in [2.05, 4.69) is 15.6 Å². The zero-order valence-corrected chi connectivity index (χ0v) is 4.81. The number of nitrogens with one attached hydrogen (secondary N) is 2. The van der Waals surface area contributed by atoms with Crippen molar-refractivity contribution < 1.29 is 0 Å². The van der Waals surface area contributed by atoms with Gasteiger partial charge in [-0.15, -0.1) is 0 Å². The molecule has 1 aliphatic carbocycles. The monoisotopic (exact) mass is 111 g/mol. The first-order chi connectivity index (χ1) is 3.90. The molecule has 0 bridgehead atoms. The lowest BCUT2D eigenvalue weighted by atomic mass is 10.7. The molecule has 2 fully saturated rings. The molecule has 44 valence electrons. The van der Waals surface area contributed by atoms with Gasteiger partial charge in [0.15, 0.2) is 5.96 Å². The van der Waals surface area contributed by atoms with Crippen LogP contribution in [0.1, 0.15) is 6.42 Å². The fourth-order valence-electron chi connectivity index (χ4n) is 1.04. The van der Waals surface area contributed by atoms with Gasteiger partial charge in [0.25, 0.3) is 0 Å². The van der Waals surface area contributed by atoms with E-state index < -0.39 is 0 Å². The molecule has 1 aliphatic heterocycles. The van der Waals surface area contributed by atoms with Crippen LogP contribution in [0.3, 0.4) is 0 Å². The van der Waals surface area contributed by atoms with Gasteiger partial charge >= 0.3 is 0 Å². The number of aliphatic imine (C=N–C) groups is 1. The van der Waals surface area contributed by atoms with Crippen molar-refractivity contribution in [1.29, 1.82) is 0 Å². The molecule has 0 aromatic rings. The van der Waals surface area contributed by atoms with Gasteiger partial charge < -0.3 is 10.6 Å². The van der Waals surface area contributed by atoms with Crippen LogP contribution in [0.15, 0.2) is 4.99 Å². The van der Waals surface area contributed by atoms with Gasteiger partial charge in [0.05, 0.1) is 12.1 Å². The molecule has 3 nitrogen and oxygen atoms in total. The fourth-order valence-corrected chi connectivity index (χ4v) is 1.04. The lowest BCUT2D eigenvalue weighted by Crippen LogP contribution is -2.29. The summed E-state index contributed by atoms with van der Waals surface area (Å²) in [6, 6.07) is 1.40. The van der Waals surface area contributed by atoms with E-state index in [1.54, 1.807) is 7.05 Å². The van der Waals surface area contributed by atoms with Crippen molar-refractivity contribution in [3.63, 3.8) is 0 Å². The maximum absolute atomic E-state index is 3.96. The summed E-state index contributed by atoms with van der Waals surface area (Å²) in [6.45, 7) is 0. The second-order valence-corrected chi connectivity index (χ2v) is 2.31. The molecule has 0 aromatic carbocycles. The maximum Gasteiger partial charge on any atom is 0.191 e. The van der Waals surface area contributed by atoms with Crippen LogP contribution in [-0.4, -0.2) is 25.1 Å². The standard InChI is InChI=1S/C5H9N3/c1-6-5-7-3-2-4(3)8-5/h3-4H,2H2,1H3,(H2,6,7,8). The van der Waals surface area contributed by atoms with Crippen molar-refractivity contribution in [1.82, 2.24) is 10.6 Å². The Hall–Kier alpha value is -0.730. The number of hydrogen-bond acceptors (Lipinski definition) is 1. The fraction of sp³-hybridized carbons (Fsp3) is 0.800. The number of fused-ring (bicyclic) bond motifs is 1. The van der Waals surface area contributed by atoms with Crippen LogP contribution in [0.25, 0.3) is 0 Å². The van der Waals surface area contributed by atoms with Crippen LogP contribution in [0.2, 0.25) is 0 Å². The van der Waals surface area contributed by atoms with E-state index >= 15 is 0 Å². The molecular weight excluding hydrogens is 102 g/mol. The van der Waals surface area contributed by atoms with Crippen molar-refractivity contribution in [2.24, 2.45) is 4.99 Å². The van der Waals surface area contributed by atoms with Crippen LogP contribution < -0.4 is 10.6 Å². The van der Waals surface area contributed by atoms with E-state index in [-0.39, 0.29) is 0 Å². The van der Waals surface area contributed by atoms with Crippen molar-refractivity contribution in [2.75, 3.05) is 7.05 Å². The molecule has 1 saturated carbocycles. The van der Waals surface area contributed by atoms with Gasteiger partial charge in [0, 0.05) is 7.05 Å². The third kappa shape index (κ3) is 0.412. The van der Waals surface area contributed by atoms with E-state index in [1.807, 2.05) is 0 Å². The summed E-state index contributed by atoms with van der Waals surface area (Å²) in [4.78, 5) is 3.96. The molecule has 8 heavy (non-hydrogen) atoms. The van der Waals surface area contributed by atoms with Crippen LogP contribution in [0.5, 0.6) is 0 Å². The first-order valence-corrected chi connectivity index (χ1v) is 2.90. The smallest absolute Gasteiger partial charge is 0.191 e. The summed E-state index contributed by atoms with van der Waals surface area (Å²) in [7, 11) is 1.79.